The molecule has 0 aliphatic carbocycles. The first-order valence-electron chi connectivity index (χ1n) is 5.75. The molecular weight excluding hydrogens is 176 g/mol. The van der Waals surface area contributed by atoms with Crippen molar-refractivity contribution < 1.29 is 0 Å². The number of hydrogen-bond donors (Lipinski definition) is 0. The van der Waals surface area contributed by atoms with E-state index in [2.05, 4.69) is 39.5 Å². The van der Waals surface area contributed by atoms with E-state index in [1.54, 1.807) is 0 Å². The van der Waals surface area contributed by atoms with Crippen molar-refractivity contribution in [2.24, 2.45) is 23.7 Å². The average molecular weight is 198 g/mol. The minimum Gasteiger partial charge on any atom is -0.155 e. The Morgan fingerprint density at radius 2 is 1.23 bits per heavy atom. The summed E-state index contributed by atoms with van der Waals surface area (Å²) in [7, 11) is 0. The van der Waals surface area contributed by atoms with E-state index >= 15 is 0 Å². The molecule has 0 unspecified atom stereocenters. The summed E-state index contributed by atoms with van der Waals surface area (Å²) in [6, 6.07) is 0. The van der Waals surface area contributed by atoms with E-state index in [-0.39, 0.29) is 0 Å². The Kier molecular flexibility index (Phi) is 2.65. The predicted molar refractivity (Wildman–Crippen MR) is 61.1 cm³/mol. The highest BCUT2D eigenvalue weighted by Gasteiger charge is 2.47. The standard InChI is InChI=1S/C12H22S/c1-7(2)9-5-12-10(8(3)4)6-11(9)13-12/h7-12H,5-6H2,1-4H3/t9-,10-,11-,12-/m1/s1. The molecule has 2 rings (SSSR count). The van der Waals surface area contributed by atoms with Crippen LogP contribution in [-0.2, 0) is 0 Å². The van der Waals surface area contributed by atoms with E-state index < -0.39 is 0 Å². The van der Waals surface area contributed by atoms with Gasteiger partial charge in [0.15, 0.2) is 0 Å². The lowest BCUT2D eigenvalue weighted by molar-refractivity contribution is 0.232. The highest BCUT2D eigenvalue weighted by Crippen LogP contribution is 2.56. The molecule has 0 saturated carbocycles. The van der Waals surface area contributed by atoms with E-state index in [1.807, 2.05) is 0 Å². The SMILES string of the molecule is CC(C)[C@H]1C[C@H]2S[C@@H]1C[C@@H]2C(C)C. The van der Waals surface area contributed by atoms with Crippen LogP contribution in [0, 0.1) is 23.7 Å². The predicted octanol–water partition coefficient (Wildman–Crippen LogP) is 3.81. The van der Waals surface area contributed by atoms with Crippen LogP contribution in [0.1, 0.15) is 40.5 Å². The molecule has 76 valence electrons. The molecule has 2 saturated heterocycles. The Hall–Kier alpha value is 0.350. The van der Waals surface area contributed by atoms with Crippen molar-refractivity contribution in [2.75, 3.05) is 0 Å². The molecule has 0 N–H and O–H groups in total. The third-order valence-corrected chi connectivity index (χ3v) is 5.81. The Morgan fingerprint density at radius 3 is 1.46 bits per heavy atom. The summed E-state index contributed by atoms with van der Waals surface area (Å²) in [6.45, 7) is 9.60. The molecule has 13 heavy (non-hydrogen) atoms. The van der Waals surface area contributed by atoms with Crippen LogP contribution in [0.15, 0.2) is 0 Å². The van der Waals surface area contributed by atoms with Crippen LogP contribution in [0.2, 0.25) is 0 Å². The number of thioether (sulfide) groups is 1. The lowest BCUT2D eigenvalue weighted by Crippen LogP contribution is -2.29. The first kappa shape index (κ1) is 9.89. The molecule has 0 aromatic carbocycles. The molecule has 4 atom stereocenters. The van der Waals surface area contributed by atoms with Gasteiger partial charge < -0.3 is 0 Å². The van der Waals surface area contributed by atoms with Crippen molar-refractivity contribution in [3.05, 3.63) is 0 Å². The van der Waals surface area contributed by atoms with E-state index in [0.717, 1.165) is 34.2 Å². The van der Waals surface area contributed by atoms with Gasteiger partial charge in [0.05, 0.1) is 0 Å². The van der Waals surface area contributed by atoms with Crippen LogP contribution < -0.4 is 0 Å². The minimum atomic E-state index is 0.913. The van der Waals surface area contributed by atoms with Crippen LogP contribution >= 0.6 is 11.8 Å². The smallest absolute Gasteiger partial charge is 0.00841 e. The van der Waals surface area contributed by atoms with Crippen molar-refractivity contribution >= 4 is 11.8 Å². The zero-order valence-corrected chi connectivity index (χ0v) is 10.1. The molecule has 0 amide bonds. The third kappa shape index (κ3) is 1.65. The summed E-state index contributed by atoms with van der Waals surface area (Å²) in [6.07, 6.45) is 3.02. The normalized spacial score (nSPS) is 43.8. The zero-order valence-electron chi connectivity index (χ0n) is 9.29. The summed E-state index contributed by atoms with van der Waals surface area (Å²) < 4.78 is 0. The van der Waals surface area contributed by atoms with Crippen LogP contribution in [0.3, 0.4) is 0 Å². The third-order valence-electron chi connectivity index (χ3n) is 4.03. The Bertz CT molecular complexity index is 166. The highest BCUT2D eigenvalue weighted by molar-refractivity contribution is 8.01. The van der Waals surface area contributed by atoms with Crippen LogP contribution in [0.4, 0.5) is 0 Å². The van der Waals surface area contributed by atoms with Gasteiger partial charge in [0, 0.05) is 10.5 Å². The fraction of sp³-hybridized carbons (Fsp3) is 1.00. The maximum atomic E-state index is 2.40. The number of hydrogen-bond acceptors (Lipinski definition) is 1. The van der Waals surface area contributed by atoms with E-state index in [9.17, 15) is 0 Å². The van der Waals surface area contributed by atoms with Gasteiger partial charge in [0.1, 0.15) is 0 Å². The molecule has 2 aliphatic heterocycles. The second-order valence-electron chi connectivity index (χ2n) is 5.50. The maximum absolute atomic E-state index is 2.40. The molecule has 1 heteroatoms. The minimum absolute atomic E-state index is 0.913. The monoisotopic (exact) mass is 198 g/mol. The van der Waals surface area contributed by atoms with Crippen LogP contribution in [-0.4, -0.2) is 10.5 Å². The Labute approximate surface area is 86.9 Å². The van der Waals surface area contributed by atoms with Crippen molar-refractivity contribution in [1.82, 2.24) is 0 Å². The second-order valence-corrected chi connectivity index (χ2v) is 6.98. The van der Waals surface area contributed by atoms with Gasteiger partial charge in [-0.3, -0.25) is 0 Å². The van der Waals surface area contributed by atoms with E-state index in [0.29, 0.717) is 0 Å². The van der Waals surface area contributed by atoms with Gasteiger partial charge in [-0.1, -0.05) is 27.7 Å². The quantitative estimate of drug-likeness (QED) is 0.650. The summed E-state index contributed by atoms with van der Waals surface area (Å²) in [4.78, 5) is 0. The first-order valence-corrected chi connectivity index (χ1v) is 6.69. The molecular formula is C12H22S. The summed E-state index contributed by atoms with van der Waals surface area (Å²) >= 11 is 2.30. The largest absolute Gasteiger partial charge is 0.155 e. The van der Waals surface area contributed by atoms with Gasteiger partial charge in [0.25, 0.3) is 0 Å². The van der Waals surface area contributed by atoms with Gasteiger partial charge in [-0.2, -0.15) is 11.8 Å². The fourth-order valence-corrected chi connectivity index (χ4v) is 5.50. The lowest BCUT2D eigenvalue weighted by atomic mass is 9.73. The van der Waals surface area contributed by atoms with Crippen molar-refractivity contribution in [3.63, 3.8) is 0 Å². The molecule has 2 fully saturated rings. The molecule has 2 heterocycles. The molecule has 0 radical (unpaired) electrons. The number of rotatable bonds is 2. The van der Waals surface area contributed by atoms with Gasteiger partial charge in [-0.05, 0) is 36.5 Å². The maximum Gasteiger partial charge on any atom is 0.00841 e. The Morgan fingerprint density at radius 1 is 0.846 bits per heavy atom. The lowest BCUT2D eigenvalue weighted by Gasteiger charge is -2.30. The van der Waals surface area contributed by atoms with E-state index in [1.165, 1.54) is 12.8 Å². The fourth-order valence-electron chi connectivity index (χ4n) is 3.13. The van der Waals surface area contributed by atoms with E-state index in [4.69, 9.17) is 0 Å². The summed E-state index contributed by atoms with van der Waals surface area (Å²) in [5.74, 6) is 3.89. The van der Waals surface area contributed by atoms with Crippen molar-refractivity contribution in [2.45, 2.75) is 51.0 Å². The first-order chi connectivity index (χ1) is 6.09. The van der Waals surface area contributed by atoms with Gasteiger partial charge >= 0.3 is 0 Å². The van der Waals surface area contributed by atoms with Gasteiger partial charge in [0.2, 0.25) is 0 Å². The zero-order chi connectivity index (χ0) is 9.59. The van der Waals surface area contributed by atoms with Crippen LogP contribution in [0.5, 0.6) is 0 Å². The molecule has 0 nitrogen and oxygen atoms in total. The average Bonchev–Trinajstić information content (AvgIpc) is 2.60. The van der Waals surface area contributed by atoms with Crippen molar-refractivity contribution in [3.8, 4) is 0 Å². The van der Waals surface area contributed by atoms with Gasteiger partial charge in [-0.15, -0.1) is 0 Å². The molecule has 0 aromatic rings. The molecule has 2 aliphatic rings. The summed E-state index contributed by atoms with van der Waals surface area (Å²) in [5, 5.41) is 2.02. The number of fused-ring (bicyclic) bond motifs is 2. The van der Waals surface area contributed by atoms with Crippen LogP contribution in [0.25, 0.3) is 0 Å². The van der Waals surface area contributed by atoms with Crippen molar-refractivity contribution in [1.29, 1.82) is 0 Å². The Balaban J connectivity index is 1.99. The second kappa shape index (κ2) is 3.49. The summed E-state index contributed by atoms with van der Waals surface area (Å²) in [5.41, 5.74) is 0. The van der Waals surface area contributed by atoms with Gasteiger partial charge in [-0.25, -0.2) is 0 Å². The molecule has 0 aromatic heterocycles. The molecule has 0 spiro atoms. The molecule has 2 bridgehead atoms. The highest BCUT2D eigenvalue weighted by atomic mass is 32.2. The topological polar surface area (TPSA) is 0 Å².